The maximum absolute atomic E-state index is 12.6. The van der Waals surface area contributed by atoms with Crippen molar-refractivity contribution in [2.75, 3.05) is 24.8 Å². The van der Waals surface area contributed by atoms with Crippen molar-refractivity contribution in [1.29, 1.82) is 0 Å². The molecule has 0 aliphatic heterocycles. The Morgan fingerprint density at radius 1 is 1.10 bits per heavy atom. The molecule has 3 rings (SSSR count). The first-order chi connectivity index (χ1) is 14.1. The number of methoxy groups -OCH3 is 1. The first kappa shape index (κ1) is 21.0. The largest absolute Gasteiger partial charge is 0.455 e. The van der Waals surface area contributed by atoms with Gasteiger partial charge in [0.2, 0.25) is 5.91 Å². The summed E-state index contributed by atoms with van der Waals surface area (Å²) in [5.41, 5.74) is 2.69. The van der Waals surface area contributed by atoms with Gasteiger partial charge in [-0.3, -0.25) is 4.79 Å². The number of amides is 1. The van der Waals surface area contributed by atoms with Gasteiger partial charge in [-0.05, 0) is 38.1 Å². The summed E-state index contributed by atoms with van der Waals surface area (Å²) in [6.45, 7) is 5.31. The lowest BCUT2D eigenvalue weighted by Crippen LogP contribution is -2.15. The monoisotopic (exact) mass is 411 g/mol. The average molecular weight is 412 g/mol. The number of rotatable bonds is 9. The smallest absolute Gasteiger partial charge is 0.234 e. The number of carbonyl (C=O) groups is 1. The van der Waals surface area contributed by atoms with Crippen molar-refractivity contribution in [1.82, 2.24) is 9.55 Å². The molecule has 0 bridgehead atoms. The van der Waals surface area contributed by atoms with E-state index in [0.29, 0.717) is 24.6 Å². The van der Waals surface area contributed by atoms with E-state index in [1.54, 1.807) is 7.11 Å². The number of hydrogen-bond donors (Lipinski definition) is 1. The van der Waals surface area contributed by atoms with Crippen LogP contribution in [0, 0.1) is 13.8 Å². The third kappa shape index (κ3) is 5.62. The molecule has 0 fully saturated rings. The van der Waals surface area contributed by atoms with Gasteiger partial charge >= 0.3 is 0 Å². The maximum Gasteiger partial charge on any atom is 0.234 e. The van der Waals surface area contributed by atoms with Crippen LogP contribution in [0.5, 0.6) is 11.5 Å². The Balaban J connectivity index is 1.64. The van der Waals surface area contributed by atoms with Crippen molar-refractivity contribution in [3.63, 3.8) is 0 Å². The predicted octanol–water partition coefficient (Wildman–Crippen LogP) is 4.67. The van der Waals surface area contributed by atoms with Gasteiger partial charge in [0.15, 0.2) is 10.9 Å². The van der Waals surface area contributed by atoms with Gasteiger partial charge in [0, 0.05) is 19.3 Å². The van der Waals surface area contributed by atoms with E-state index in [0.717, 1.165) is 22.3 Å². The molecule has 0 saturated carbocycles. The van der Waals surface area contributed by atoms with Crippen LogP contribution in [0.4, 0.5) is 5.69 Å². The van der Waals surface area contributed by atoms with Gasteiger partial charge in [-0.1, -0.05) is 42.1 Å². The summed E-state index contributed by atoms with van der Waals surface area (Å²) in [6.07, 6.45) is 0. The first-order valence-electron chi connectivity index (χ1n) is 9.35. The van der Waals surface area contributed by atoms with Crippen LogP contribution in [0.1, 0.15) is 11.4 Å². The normalized spacial score (nSPS) is 10.7. The van der Waals surface area contributed by atoms with E-state index >= 15 is 0 Å². The molecule has 1 aromatic heterocycles. The zero-order valence-electron chi connectivity index (χ0n) is 16.8. The van der Waals surface area contributed by atoms with Crippen molar-refractivity contribution in [2.24, 2.45) is 0 Å². The lowest BCUT2D eigenvalue weighted by molar-refractivity contribution is -0.113. The quantitative estimate of drug-likeness (QED) is 0.519. The second kappa shape index (κ2) is 10.1. The standard InChI is InChI=1S/C22H25N3O3S/c1-16-17(2)25(13-14-27-3)22(23-16)29-15-21(26)24-19-11-7-8-12-20(19)28-18-9-5-4-6-10-18/h4-12H,13-15H2,1-3H3,(H,24,26). The summed E-state index contributed by atoms with van der Waals surface area (Å²) in [4.78, 5) is 17.1. The molecule has 3 aromatic rings. The average Bonchev–Trinajstić information content (AvgIpc) is 3.00. The summed E-state index contributed by atoms with van der Waals surface area (Å²) in [7, 11) is 1.67. The molecule has 0 spiro atoms. The van der Waals surface area contributed by atoms with Crippen LogP contribution in [0.15, 0.2) is 59.8 Å². The molecule has 0 saturated heterocycles. The molecule has 2 aromatic carbocycles. The second-order valence-corrected chi connectivity index (χ2v) is 7.40. The number of carbonyl (C=O) groups excluding carboxylic acids is 1. The van der Waals surface area contributed by atoms with Crippen LogP contribution in [-0.2, 0) is 16.1 Å². The van der Waals surface area contributed by atoms with Crippen molar-refractivity contribution >= 4 is 23.4 Å². The second-order valence-electron chi connectivity index (χ2n) is 6.46. The number of aryl methyl sites for hydroxylation is 1. The van der Waals surface area contributed by atoms with E-state index in [-0.39, 0.29) is 11.7 Å². The van der Waals surface area contributed by atoms with E-state index in [1.165, 1.54) is 11.8 Å². The van der Waals surface area contributed by atoms with Crippen LogP contribution in [-0.4, -0.2) is 34.9 Å². The zero-order valence-corrected chi connectivity index (χ0v) is 17.7. The molecule has 0 aliphatic rings. The fourth-order valence-electron chi connectivity index (χ4n) is 2.77. The molecular formula is C22H25N3O3S. The molecule has 1 amide bonds. The van der Waals surface area contributed by atoms with E-state index in [2.05, 4.69) is 14.9 Å². The molecule has 6 nitrogen and oxygen atoms in total. The summed E-state index contributed by atoms with van der Waals surface area (Å²) in [5, 5.41) is 3.76. The molecule has 1 N–H and O–H groups in total. The molecular weight excluding hydrogens is 386 g/mol. The molecule has 29 heavy (non-hydrogen) atoms. The third-order valence-electron chi connectivity index (χ3n) is 4.41. The number of aromatic nitrogens is 2. The van der Waals surface area contributed by atoms with Crippen molar-refractivity contribution in [2.45, 2.75) is 25.5 Å². The Morgan fingerprint density at radius 3 is 2.59 bits per heavy atom. The molecule has 0 atom stereocenters. The summed E-state index contributed by atoms with van der Waals surface area (Å²) < 4.78 is 13.2. The summed E-state index contributed by atoms with van der Waals surface area (Å²) >= 11 is 1.41. The number of hydrogen-bond acceptors (Lipinski definition) is 5. The van der Waals surface area contributed by atoms with Gasteiger partial charge in [0.1, 0.15) is 5.75 Å². The lowest BCUT2D eigenvalue weighted by atomic mass is 10.3. The van der Waals surface area contributed by atoms with Crippen LogP contribution in [0.3, 0.4) is 0 Å². The van der Waals surface area contributed by atoms with Crippen molar-refractivity contribution in [3.8, 4) is 11.5 Å². The molecule has 152 valence electrons. The maximum atomic E-state index is 12.6. The number of thioether (sulfide) groups is 1. The molecule has 0 aliphatic carbocycles. The molecule has 1 heterocycles. The number of nitrogens with zero attached hydrogens (tertiary/aromatic N) is 2. The Labute approximate surface area is 175 Å². The Bertz CT molecular complexity index is 957. The zero-order chi connectivity index (χ0) is 20.6. The third-order valence-corrected chi connectivity index (χ3v) is 5.38. The highest BCUT2D eigenvalue weighted by molar-refractivity contribution is 7.99. The fourth-order valence-corrected chi connectivity index (χ4v) is 3.69. The van der Waals surface area contributed by atoms with Gasteiger partial charge in [0.05, 0.1) is 23.7 Å². The van der Waals surface area contributed by atoms with Gasteiger partial charge in [-0.15, -0.1) is 0 Å². The summed E-state index contributed by atoms with van der Waals surface area (Å²) in [5.74, 6) is 1.46. The van der Waals surface area contributed by atoms with Gasteiger partial charge in [0.25, 0.3) is 0 Å². The number of nitrogens with one attached hydrogen (secondary N) is 1. The van der Waals surface area contributed by atoms with Crippen LogP contribution in [0.25, 0.3) is 0 Å². The fraction of sp³-hybridized carbons (Fsp3) is 0.273. The predicted molar refractivity (Wildman–Crippen MR) is 116 cm³/mol. The van der Waals surface area contributed by atoms with E-state index in [1.807, 2.05) is 68.4 Å². The van der Waals surface area contributed by atoms with Crippen molar-refractivity contribution in [3.05, 3.63) is 66.0 Å². The lowest BCUT2D eigenvalue weighted by Gasteiger charge is -2.12. The Hall–Kier alpha value is -2.77. The Morgan fingerprint density at radius 2 is 1.83 bits per heavy atom. The molecule has 0 radical (unpaired) electrons. The van der Waals surface area contributed by atoms with Crippen LogP contribution in [0.2, 0.25) is 0 Å². The Kier molecular flexibility index (Phi) is 7.32. The highest BCUT2D eigenvalue weighted by Crippen LogP contribution is 2.29. The molecule has 7 heteroatoms. The minimum absolute atomic E-state index is 0.115. The summed E-state index contributed by atoms with van der Waals surface area (Å²) in [6, 6.07) is 16.9. The first-order valence-corrected chi connectivity index (χ1v) is 10.3. The minimum Gasteiger partial charge on any atom is -0.455 e. The number of ether oxygens (including phenoxy) is 2. The number of anilines is 1. The van der Waals surface area contributed by atoms with Gasteiger partial charge in [-0.2, -0.15) is 0 Å². The topological polar surface area (TPSA) is 65.4 Å². The van der Waals surface area contributed by atoms with Gasteiger partial charge in [-0.25, -0.2) is 4.98 Å². The number of benzene rings is 2. The van der Waals surface area contributed by atoms with E-state index < -0.39 is 0 Å². The van der Waals surface area contributed by atoms with Crippen LogP contribution < -0.4 is 10.1 Å². The molecule has 0 unspecified atom stereocenters. The number of para-hydroxylation sites is 3. The highest BCUT2D eigenvalue weighted by Gasteiger charge is 2.14. The van der Waals surface area contributed by atoms with Crippen LogP contribution >= 0.6 is 11.8 Å². The van der Waals surface area contributed by atoms with E-state index in [9.17, 15) is 4.79 Å². The minimum atomic E-state index is -0.115. The highest BCUT2D eigenvalue weighted by atomic mass is 32.2. The number of imidazole rings is 1. The van der Waals surface area contributed by atoms with Gasteiger partial charge < -0.3 is 19.4 Å². The van der Waals surface area contributed by atoms with Crippen molar-refractivity contribution < 1.29 is 14.3 Å². The van der Waals surface area contributed by atoms with E-state index in [4.69, 9.17) is 9.47 Å². The SMILES string of the molecule is COCCn1c(SCC(=O)Nc2ccccc2Oc2ccccc2)nc(C)c1C.